The molecule has 0 aliphatic rings. The monoisotopic (exact) mass is 291 g/mol. The van der Waals surface area contributed by atoms with Crippen molar-refractivity contribution in [3.8, 4) is 11.3 Å². The highest BCUT2D eigenvalue weighted by Gasteiger charge is 2.30. The van der Waals surface area contributed by atoms with Gasteiger partial charge in [-0.3, -0.25) is 0 Å². The average molecular weight is 291 g/mol. The predicted molar refractivity (Wildman–Crippen MR) is 60.3 cm³/mol. The number of nitrogens with one attached hydrogen (secondary N) is 1. The number of thiol groups is 1. The number of carboxylic acid groups (broad SMARTS) is 1. The molecule has 0 unspecified atom stereocenters. The molecule has 0 bridgehead atoms. The Hall–Kier alpha value is -1.96. The third-order valence-corrected chi connectivity index (χ3v) is 2.68. The molecule has 0 fully saturated rings. The van der Waals surface area contributed by atoms with E-state index in [9.17, 15) is 22.4 Å². The second-order valence-corrected chi connectivity index (χ2v) is 4.05. The van der Waals surface area contributed by atoms with Crippen LogP contribution in [0.5, 0.6) is 0 Å². The lowest BCUT2D eigenvalue weighted by molar-refractivity contribution is 0.0690. The maximum Gasteiger partial charge on any atom is 0.339 e. The van der Waals surface area contributed by atoms with E-state index in [0.717, 1.165) is 0 Å². The first-order valence-corrected chi connectivity index (χ1v) is 5.27. The molecule has 0 radical (unpaired) electrons. The zero-order valence-corrected chi connectivity index (χ0v) is 9.86. The van der Waals surface area contributed by atoms with Gasteiger partial charge in [0.15, 0.2) is 23.3 Å². The van der Waals surface area contributed by atoms with Crippen molar-refractivity contribution in [1.82, 2.24) is 4.98 Å². The van der Waals surface area contributed by atoms with Gasteiger partial charge < -0.3 is 10.1 Å². The van der Waals surface area contributed by atoms with Crippen LogP contribution >= 0.6 is 12.6 Å². The van der Waals surface area contributed by atoms with Crippen LogP contribution < -0.4 is 0 Å². The van der Waals surface area contributed by atoms with E-state index in [0.29, 0.717) is 0 Å². The van der Waals surface area contributed by atoms with Crippen LogP contribution in [0.2, 0.25) is 0 Å². The number of hydrogen-bond acceptors (Lipinski definition) is 2. The molecule has 1 aromatic heterocycles. The Balaban J connectivity index is 2.89. The lowest BCUT2D eigenvalue weighted by Gasteiger charge is -2.09. The van der Waals surface area contributed by atoms with Crippen LogP contribution in [0.4, 0.5) is 17.6 Å². The molecule has 1 aromatic carbocycles. The van der Waals surface area contributed by atoms with Crippen molar-refractivity contribution in [1.29, 1.82) is 0 Å². The average Bonchev–Trinajstić information content (AvgIpc) is 2.76. The van der Waals surface area contributed by atoms with E-state index in [-0.39, 0.29) is 10.7 Å². The first kappa shape index (κ1) is 13.5. The van der Waals surface area contributed by atoms with E-state index in [1.54, 1.807) is 0 Å². The summed E-state index contributed by atoms with van der Waals surface area (Å²) < 4.78 is 53.3. The molecule has 0 atom stereocenters. The van der Waals surface area contributed by atoms with E-state index in [4.69, 9.17) is 5.11 Å². The number of hydrogen-bond donors (Lipinski definition) is 3. The molecule has 0 saturated heterocycles. The minimum atomic E-state index is -2.17. The Kier molecular flexibility index (Phi) is 3.27. The summed E-state index contributed by atoms with van der Waals surface area (Å²) >= 11 is 3.86. The number of benzene rings is 1. The molecule has 100 valence electrons. The first-order chi connectivity index (χ1) is 8.84. The molecule has 2 rings (SSSR count). The largest absolute Gasteiger partial charge is 0.478 e. The number of carbonyl (C=O) groups is 1. The molecule has 0 saturated carbocycles. The summed E-state index contributed by atoms with van der Waals surface area (Å²) in [6, 6.07) is 2.49. The van der Waals surface area contributed by atoms with Gasteiger partial charge in [0.05, 0.1) is 16.3 Å². The van der Waals surface area contributed by atoms with E-state index >= 15 is 0 Å². The highest BCUT2D eigenvalue weighted by Crippen LogP contribution is 2.32. The zero-order valence-electron chi connectivity index (χ0n) is 8.97. The molecule has 0 amide bonds. The second-order valence-electron chi connectivity index (χ2n) is 3.57. The summed E-state index contributed by atoms with van der Waals surface area (Å²) in [5.41, 5.74) is -2.41. The number of halogens is 4. The minimum absolute atomic E-state index is 0.218. The van der Waals surface area contributed by atoms with Crippen molar-refractivity contribution in [2.24, 2.45) is 0 Å². The van der Waals surface area contributed by atoms with Gasteiger partial charge in [-0.15, -0.1) is 12.6 Å². The Morgan fingerprint density at radius 2 is 1.63 bits per heavy atom. The van der Waals surface area contributed by atoms with Gasteiger partial charge in [0.1, 0.15) is 5.56 Å². The van der Waals surface area contributed by atoms with E-state index in [1.165, 1.54) is 12.1 Å². The fraction of sp³-hybridized carbons (Fsp3) is 0. The van der Waals surface area contributed by atoms with E-state index in [2.05, 4.69) is 17.6 Å². The van der Waals surface area contributed by atoms with Crippen molar-refractivity contribution >= 4 is 18.6 Å². The molecule has 2 N–H and O–H groups in total. The van der Waals surface area contributed by atoms with Crippen LogP contribution in [-0.2, 0) is 0 Å². The molecular formula is C11H5F4NO2S. The molecule has 0 aliphatic carbocycles. The minimum Gasteiger partial charge on any atom is -0.478 e. The van der Waals surface area contributed by atoms with Crippen LogP contribution in [0.3, 0.4) is 0 Å². The third kappa shape index (κ3) is 2.07. The number of aromatic amines is 1. The first-order valence-electron chi connectivity index (χ1n) is 4.82. The number of rotatable bonds is 2. The van der Waals surface area contributed by atoms with Crippen LogP contribution in [-0.4, -0.2) is 16.1 Å². The number of carboxylic acids is 1. The van der Waals surface area contributed by atoms with Crippen LogP contribution in [0, 0.1) is 23.3 Å². The van der Waals surface area contributed by atoms with Crippen molar-refractivity contribution in [2.75, 3.05) is 0 Å². The van der Waals surface area contributed by atoms with E-state index < -0.39 is 40.4 Å². The Labute approximate surface area is 109 Å². The standard InChI is InChI=1S/C11H5F4NO2S/c12-7-5(3-1-2-4(19)16-3)6(11(17)18)8(13)10(15)9(7)14/h1-2,16,19H,(H,17,18). The number of H-pyrrole nitrogens is 1. The number of aromatic carboxylic acids is 1. The molecule has 2 aromatic rings. The SMILES string of the molecule is O=C(O)c1c(F)c(F)c(F)c(F)c1-c1ccc(S)[nH]1. The van der Waals surface area contributed by atoms with Crippen molar-refractivity contribution < 1.29 is 27.5 Å². The van der Waals surface area contributed by atoms with Gasteiger partial charge in [0, 0.05) is 0 Å². The lowest BCUT2D eigenvalue weighted by atomic mass is 10.0. The van der Waals surface area contributed by atoms with Gasteiger partial charge in [0.2, 0.25) is 0 Å². The summed E-state index contributed by atoms with van der Waals surface area (Å²) in [6.45, 7) is 0. The molecule has 0 spiro atoms. The fourth-order valence-electron chi connectivity index (χ4n) is 1.61. The summed E-state index contributed by atoms with van der Waals surface area (Å²) in [5.74, 6) is -9.91. The van der Waals surface area contributed by atoms with Crippen LogP contribution in [0.1, 0.15) is 10.4 Å². The fourth-order valence-corrected chi connectivity index (χ4v) is 1.81. The maximum atomic E-state index is 13.7. The summed E-state index contributed by atoms with van der Waals surface area (Å²) in [7, 11) is 0. The van der Waals surface area contributed by atoms with Gasteiger partial charge in [-0.25, -0.2) is 22.4 Å². The lowest BCUT2D eigenvalue weighted by Crippen LogP contribution is -2.11. The Morgan fingerprint density at radius 1 is 1.05 bits per heavy atom. The van der Waals surface area contributed by atoms with Crippen LogP contribution in [0.15, 0.2) is 17.2 Å². The zero-order chi connectivity index (χ0) is 14.3. The summed E-state index contributed by atoms with van der Waals surface area (Å²) in [5, 5.41) is 9.04. The van der Waals surface area contributed by atoms with E-state index in [1.807, 2.05) is 0 Å². The maximum absolute atomic E-state index is 13.7. The summed E-state index contributed by atoms with van der Waals surface area (Å²) in [4.78, 5) is 13.3. The van der Waals surface area contributed by atoms with Gasteiger partial charge in [-0.05, 0) is 12.1 Å². The smallest absolute Gasteiger partial charge is 0.339 e. The predicted octanol–water partition coefficient (Wildman–Crippen LogP) is 3.23. The topological polar surface area (TPSA) is 53.1 Å². The molecule has 1 heterocycles. The highest BCUT2D eigenvalue weighted by molar-refractivity contribution is 7.80. The van der Waals surface area contributed by atoms with Crippen molar-refractivity contribution in [3.05, 3.63) is 41.0 Å². The molecular weight excluding hydrogens is 286 g/mol. The quantitative estimate of drug-likeness (QED) is 0.344. The third-order valence-electron chi connectivity index (χ3n) is 2.42. The van der Waals surface area contributed by atoms with Crippen molar-refractivity contribution in [2.45, 2.75) is 5.03 Å². The van der Waals surface area contributed by atoms with Crippen molar-refractivity contribution in [3.63, 3.8) is 0 Å². The highest BCUT2D eigenvalue weighted by atomic mass is 32.1. The van der Waals surface area contributed by atoms with Crippen LogP contribution in [0.25, 0.3) is 11.3 Å². The molecule has 19 heavy (non-hydrogen) atoms. The van der Waals surface area contributed by atoms with Gasteiger partial charge >= 0.3 is 5.97 Å². The van der Waals surface area contributed by atoms with Gasteiger partial charge in [-0.1, -0.05) is 0 Å². The molecule has 0 aliphatic heterocycles. The number of aromatic nitrogens is 1. The second kappa shape index (κ2) is 4.61. The molecule has 8 heteroatoms. The molecule has 3 nitrogen and oxygen atoms in total. The van der Waals surface area contributed by atoms with Gasteiger partial charge in [0.25, 0.3) is 0 Å². The Morgan fingerprint density at radius 3 is 2.11 bits per heavy atom. The Bertz CT molecular complexity index is 684. The summed E-state index contributed by atoms with van der Waals surface area (Å²) in [6.07, 6.45) is 0. The van der Waals surface area contributed by atoms with Gasteiger partial charge in [-0.2, -0.15) is 0 Å². The normalized spacial score (nSPS) is 10.8.